The fourth-order valence-corrected chi connectivity index (χ4v) is 5.35. The van der Waals surface area contributed by atoms with Crippen LogP contribution in [0.4, 0.5) is 0 Å². The molecule has 4 atom stereocenters. The van der Waals surface area contributed by atoms with E-state index in [0.717, 1.165) is 25.7 Å². The van der Waals surface area contributed by atoms with Gasteiger partial charge in [-0.15, -0.1) is 0 Å². The van der Waals surface area contributed by atoms with Gasteiger partial charge >= 0.3 is 0 Å². The van der Waals surface area contributed by atoms with Crippen molar-refractivity contribution < 1.29 is 10.1 Å². The van der Waals surface area contributed by atoms with Crippen molar-refractivity contribution in [3.05, 3.63) is 40.1 Å². The Bertz CT molecular complexity index is 585. The predicted octanol–water partition coefficient (Wildman–Crippen LogP) is 3.52. The average Bonchev–Trinajstić information content (AvgIpc) is 2.53. The van der Waals surface area contributed by atoms with Crippen LogP contribution in [0.15, 0.2) is 18.2 Å². The van der Waals surface area contributed by atoms with Gasteiger partial charge in [-0.1, -0.05) is 39.0 Å². The first-order valence-corrected chi connectivity index (χ1v) is 9.04. The molecule has 1 aromatic rings. The Balaban J connectivity index is 2.04. The Kier molecular flexibility index (Phi) is 4.33. The Labute approximate surface area is 140 Å². The van der Waals surface area contributed by atoms with Crippen molar-refractivity contribution in [3.8, 4) is 0 Å². The second-order valence-electron chi connectivity index (χ2n) is 8.34. The summed E-state index contributed by atoms with van der Waals surface area (Å²) in [6.07, 6.45) is 5.42. The molecule has 0 bridgehead atoms. The lowest BCUT2D eigenvalue weighted by molar-refractivity contribution is -1.09. The number of rotatable bonds is 3. The maximum absolute atomic E-state index is 12.5. The topological polar surface area (TPSA) is 36.7 Å². The van der Waals surface area contributed by atoms with Crippen molar-refractivity contribution in [2.45, 2.75) is 76.7 Å². The van der Waals surface area contributed by atoms with E-state index in [-0.39, 0.29) is 16.2 Å². The summed E-state index contributed by atoms with van der Waals surface area (Å²) in [5, 5.41) is 12.5. The first-order valence-electron chi connectivity index (χ1n) is 9.04. The Morgan fingerprint density at radius 3 is 2.65 bits per heavy atom. The molecule has 0 radical (unpaired) electrons. The second-order valence-corrected chi connectivity index (χ2v) is 8.34. The van der Waals surface area contributed by atoms with Crippen LogP contribution in [-0.4, -0.2) is 12.6 Å². The maximum atomic E-state index is 12.5. The molecule has 1 N–H and O–H groups in total. The van der Waals surface area contributed by atoms with Crippen LogP contribution in [0.2, 0.25) is 0 Å². The number of quaternary nitrogens is 1. The van der Waals surface area contributed by atoms with Gasteiger partial charge in [-0.05, 0) is 55.2 Å². The van der Waals surface area contributed by atoms with E-state index in [9.17, 15) is 5.21 Å². The summed E-state index contributed by atoms with van der Waals surface area (Å²) in [5.74, 6) is 0.950. The zero-order chi connectivity index (χ0) is 16.8. The SMILES string of the molecule is CO[NH+]([O-])C1(C)CCCC2(C)c3ccc(C(C)C)cc3CCC21. The van der Waals surface area contributed by atoms with Crippen LogP contribution >= 0.6 is 0 Å². The second kappa shape index (κ2) is 5.87. The van der Waals surface area contributed by atoms with Gasteiger partial charge in [0.05, 0.1) is 7.11 Å². The standard InChI is InChI=1S/C20H31NO2/c1-14(2)15-7-9-17-16(13-15)8-10-18-19(17,3)11-6-12-20(18,4)21(22)23-5/h7,9,13-14,18,21H,6,8,10-12H2,1-5H3. The summed E-state index contributed by atoms with van der Waals surface area (Å²) in [5.41, 5.74) is 4.18. The van der Waals surface area contributed by atoms with Gasteiger partial charge in [-0.2, -0.15) is 0 Å². The fourth-order valence-electron chi connectivity index (χ4n) is 5.35. The monoisotopic (exact) mass is 317 g/mol. The molecule has 0 saturated heterocycles. The van der Waals surface area contributed by atoms with E-state index >= 15 is 0 Å². The molecule has 0 aromatic heterocycles. The largest absolute Gasteiger partial charge is 0.599 e. The van der Waals surface area contributed by atoms with Crippen LogP contribution in [0.5, 0.6) is 0 Å². The minimum atomic E-state index is -0.337. The van der Waals surface area contributed by atoms with E-state index in [4.69, 9.17) is 4.84 Å². The van der Waals surface area contributed by atoms with Crippen molar-refractivity contribution >= 4 is 0 Å². The number of benzene rings is 1. The third kappa shape index (κ3) is 2.54. The van der Waals surface area contributed by atoms with Crippen molar-refractivity contribution in [2.24, 2.45) is 5.92 Å². The molecule has 0 spiro atoms. The Morgan fingerprint density at radius 2 is 2.00 bits per heavy atom. The molecule has 3 heteroatoms. The zero-order valence-electron chi connectivity index (χ0n) is 15.2. The highest BCUT2D eigenvalue weighted by Crippen LogP contribution is 2.53. The smallest absolute Gasteiger partial charge is 0.128 e. The maximum Gasteiger partial charge on any atom is 0.128 e. The molecule has 1 aromatic carbocycles. The number of hydrogen-bond donors (Lipinski definition) is 1. The van der Waals surface area contributed by atoms with E-state index in [1.165, 1.54) is 30.2 Å². The molecule has 1 saturated carbocycles. The first kappa shape index (κ1) is 16.9. The Morgan fingerprint density at radius 1 is 1.26 bits per heavy atom. The van der Waals surface area contributed by atoms with Crippen molar-refractivity contribution in [1.29, 1.82) is 0 Å². The van der Waals surface area contributed by atoms with Gasteiger partial charge in [0.25, 0.3) is 0 Å². The third-order valence-electron chi connectivity index (χ3n) is 6.70. The van der Waals surface area contributed by atoms with Crippen molar-refractivity contribution in [3.63, 3.8) is 0 Å². The molecule has 2 aliphatic carbocycles. The van der Waals surface area contributed by atoms with Crippen LogP contribution in [0.1, 0.15) is 76.0 Å². The molecule has 128 valence electrons. The van der Waals surface area contributed by atoms with E-state index in [1.54, 1.807) is 0 Å². The van der Waals surface area contributed by atoms with Crippen LogP contribution in [-0.2, 0) is 16.7 Å². The fraction of sp³-hybridized carbons (Fsp3) is 0.700. The van der Waals surface area contributed by atoms with Gasteiger partial charge in [-0.3, -0.25) is 0 Å². The van der Waals surface area contributed by atoms with Crippen LogP contribution in [0.3, 0.4) is 0 Å². The molecule has 3 nitrogen and oxygen atoms in total. The lowest BCUT2D eigenvalue weighted by atomic mass is 9.52. The molecule has 0 heterocycles. The summed E-state index contributed by atoms with van der Waals surface area (Å²) >= 11 is 0. The van der Waals surface area contributed by atoms with Crippen LogP contribution in [0, 0.1) is 11.1 Å². The van der Waals surface area contributed by atoms with Gasteiger partial charge < -0.3 is 5.21 Å². The number of hydroxylamine groups is 2. The number of aryl methyl sites for hydroxylation is 1. The van der Waals surface area contributed by atoms with Gasteiger partial charge in [0.15, 0.2) is 0 Å². The molecule has 4 unspecified atom stereocenters. The molecule has 3 rings (SSSR count). The zero-order valence-corrected chi connectivity index (χ0v) is 15.2. The van der Waals surface area contributed by atoms with E-state index in [1.807, 2.05) is 0 Å². The molecular formula is C20H31NO2. The summed E-state index contributed by atoms with van der Waals surface area (Å²) in [6.45, 7) is 9.02. The van der Waals surface area contributed by atoms with Crippen LogP contribution in [0.25, 0.3) is 0 Å². The lowest BCUT2D eigenvalue weighted by Crippen LogP contribution is -3.16. The van der Waals surface area contributed by atoms with Gasteiger partial charge in [0.2, 0.25) is 0 Å². The van der Waals surface area contributed by atoms with E-state index in [2.05, 4.69) is 45.9 Å². The minimum Gasteiger partial charge on any atom is -0.599 e. The molecule has 0 aliphatic heterocycles. The van der Waals surface area contributed by atoms with Gasteiger partial charge in [-0.25, -0.2) is 10.1 Å². The summed E-state index contributed by atoms with van der Waals surface area (Å²) in [6, 6.07) is 7.05. The highest BCUT2D eigenvalue weighted by Gasteiger charge is 2.55. The van der Waals surface area contributed by atoms with E-state index < -0.39 is 0 Å². The third-order valence-corrected chi connectivity index (χ3v) is 6.70. The van der Waals surface area contributed by atoms with Gasteiger partial charge in [0, 0.05) is 17.8 Å². The number of nitrogens with one attached hydrogen (secondary N) is 1. The highest BCUT2D eigenvalue weighted by atomic mass is 16.9. The molecule has 0 amide bonds. The molecule has 23 heavy (non-hydrogen) atoms. The molecule has 1 fully saturated rings. The summed E-state index contributed by atoms with van der Waals surface area (Å²) in [7, 11) is 1.53. The number of fused-ring (bicyclic) bond motifs is 3. The summed E-state index contributed by atoms with van der Waals surface area (Å²) in [4.78, 5) is 5.19. The lowest BCUT2D eigenvalue weighted by Gasteiger charge is -2.56. The van der Waals surface area contributed by atoms with Crippen molar-refractivity contribution in [2.75, 3.05) is 7.11 Å². The summed E-state index contributed by atoms with van der Waals surface area (Å²) < 4.78 is 0. The Hall–Kier alpha value is -0.900. The predicted molar refractivity (Wildman–Crippen MR) is 93.3 cm³/mol. The molecule has 2 aliphatic rings. The average molecular weight is 317 g/mol. The van der Waals surface area contributed by atoms with E-state index in [0.29, 0.717) is 11.8 Å². The van der Waals surface area contributed by atoms with Crippen molar-refractivity contribution in [1.82, 2.24) is 0 Å². The first-order chi connectivity index (χ1) is 10.8. The minimum absolute atomic E-state index is 0.0179. The normalized spacial score (nSPS) is 34.8. The van der Waals surface area contributed by atoms with Crippen LogP contribution < -0.4 is 5.23 Å². The molecular weight excluding hydrogens is 286 g/mol. The highest BCUT2D eigenvalue weighted by molar-refractivity contribution is 5.42. The quantitative estimate of drug-likeness (QED) is 0.866. The number of hydrogen-bond acceptors (Lipinski definition) is 2. The van der Waals surface area contributed by atoms with Gasteiger partial charge in [0.1, 0.15) is 5.54 Å².